The molecule has 124 valence electrons. The van der Waals surface area contributed by atoms with Gasteiger partial charge in [-0.05, 0) is 55.5 Å². The van der Waals surface area contributed by atoms with E-state index in [1.165, 1.54) is 0 Å². The Hall–Kier alpha value is -3.41. The summed E-state index contributed by atoms with van der Waals surface area (Å²) in [7, 11) is 0. The van der Waals surface area contributed by atoms with Crippen molar-refractivity contribution < 1.29 is 9.26 Å². The highest BCUT2D eigenvalue weighted by Crippen LogP contribution is 2.28. The highest BCUT2D eigenvalue weighted by atomic mass is 16.5. The van der Waals surface area contributed by atoms with Crippen LogP contribution in [0.2, 0.25) is 0 Å². The summed E-state index contributed by atoms with van der Waals surface area (Å²) in [4.78, 5) is 8.70. The Labute approximate surface area is 144 Å². The Morgan fingerprint density at radius 2 is 1.84 bits per heavy atom. The first-order valence-electron chi connectivity index (χ1n) is 8.01. The van der Waals surface area contributed by atoms with Crippen LogP contribution in [0, 0.1) is 0 Å². The maximum atomic E-state index is 5.52. The minimum absolute atomic E-state index is 0.390. The average molecular weight is 332 g/mol. The third kappa shape index (κ3) is 3.01. The van der Waals surface area contributed by atoms with E-state index in [1.807, 2.05) is 72.4 Å². The molecule has 0 bridgehead atoms. The van der Waals surface area contributed by atoms with E-state index >= 15 is 0 Å². The zero-order valence-corrected chi connectivity index (χ0v) is 13.7. The van der Waals surface area contributed by atoms with E-state index in [1.54, 1.807) is 6.20 Å². The Kier molecular flexibility index (Phi) is 4.00. The molecule has 6 nitrogen and oxygen atoms in total. The fraction of sp³-hybridized carbons (Fsp3) is 0.105. The van der Waals surface area contributed by atoms with Gasteiger partial charge in [0.15, 0.2) is 0 Å². The van der Waals surface area contributed by atoms with Gasteiger partial charge in [0.2, 0.25) is 11.7 Å². The van der Waals surface area contributed by atoms with Crippen molar-refractivity contribution >= 4 is 0 Å². The third-order valence-electron chi connectivity index (χ3n) is 3.74. The molecule has 3 heterocycles. The summed E-state index contributed by atoms with van der Waals surface area (Å²) in [6.07, 6.45) is 5.67. The van der Waals surface area contributed by atoms with Crippen LogP contribution in [0.3, 0.4) is 0 Å². The molecule has 0 N–H and O–H groups in total. The zero-order valence-electron chi connectivity index (χ0n) is 13.7. The molecule has 3 aromatic heterocycles. The van der Waals surface area contributed by atoms with Gasteiger partial charge in [-0.25, -0.2) is 4.98 Å². The SMILES string of the molecule is CCOc1ncccc1-c1nc(-c2ccc(-n3cccc3)cc2)no1. The van der Waals surface area contributed by atoms with E-state index in [9.17, 15) is 0 Å². The summed E-state index contributed by atoms with van der Waals surface area (Å²) >= 11 is 0. The third-order valence-corrected chi connectivity index (χ3v) is 3.74. The molecule has 0 aliphatic carbocycles. The Balaban J connectivity index is 1.63. The molecule has 0 atom stereocenters. The van der Waals surface area contributed by atoms with Gasteiger partial charge in [0, 0.05) is 29.8 Å². The smallest absolute Gasteiger partial charge is 0.263 e. The minimum atomic E-state index is 0.390. The van der Waals surface area contributed by atoms with Crippen molar-refractivity contribution in [2.75, 3.05) is 6.61 Å². The molecule has 6 heteroatoms. The molecule has 4 rings (SSSR count). The van der Waals surface area contributed by atoms with Crippen LogP contribution < -0.4 is 4.74 Å². The lowest BCUT2D eigenvalue weighted by Gasteiger charge is -2.04. The Morgan fingerprint density at radius 1 is 1.04 bits per heavy atom. The fourth-order valence-corrected chi connectivity index (χ4v) is 2.54. The van der Waals surface area contributed by atoms with Gasteiger partial charge in [0.1, 0.15) is 5.56 Å². The Bertz CT molecular complexity index is 959. The number of rotatable bonds is 5. The largest absolute Gasteiger partial charge is 0.477 e. The molecule has 4 aromatic rings. The summed E-state index contributed by atoms with van der Waals surface area (Å²) in [5.74, 6) is 1.41. The number of pyridine rings is 1. The van der Waals surface area contributed by atoms with Crippen LogP contribution in [0.5, 0.6) is 5.88 Å². The van der Waals surface area contributed by atoms with E-state index in [0.717, 1.165) is 11.3 Å². The van der Waals surface area contributed by atoms with Crippen LogP contribution in [0.1, 0.15) is 6.92 Å². The summed E-state index contributed by atoms with van der Waals surface area (Å²) in [5.41, 5.74) is 2.64. The predicted molar refractivity (Wildman–Crippen MR) is 93.5 cm³/mol. The quantitative estimate of drug-likeness (QED) is 0.553. The standard InChI is InChI=1S/C19H16N4O2/c1-2-24-18-16(6-5-11-20-18)19-21-17(22-25-19)14-7-9-15(10-8-14)23-12-3-4-13-23/h3-13H,2H2,1H3. The molecule has 0 fully saturated rings. The van der Waals surface area contributed by atoms with Gasteiger partial charge in [0.05, 0.1) is 6.61 Å². The molecule has 0 unspecified atom stereocenters. The number of aromatic nitrogens is 4. The molecular weight excluding hydrogens is 316 g/mol. The van der Waals surface area contributed by atoms with Gasteiger partial charge in [-0.1, -0.05) is 5.16 Å². The number of benzene rings is 1. The topological polar surface area (TPSA) is 66.0 Å². The van der Waals surface area contributed by atoms with E-state index in [-0.39, 0.29) is 0 Å². The molecule has 0 aliphatic heterocycles. The van der Waals surface area contributed by atoms with Crippen molar-refractivity contribution in [1.29, 1.82) is 0 Å². The first kappa shape index (κ1) is 15.1. The van der Waals surface area contributed by atoms with Crippen molar-refractivity contribution in [2.24, 2.45) is 0 Å². The molecule has 0 saturated carbocycles. The number of nitrogens with zero attached hydrogens (tertiary/aromatic N) is 4. The van der Waals surface area contributed by atoms with Gasteiger partial charge in [-0.3, -0.25) is 0 Å². The summed E-state index contributed by atoms with van der Waals surface area (Å²) in [6, 6.07) is 15.6. The molecule has 0 radical (unpaired) electrons. The lowest BCUT2D eigenvalue weighted by atomic mass is 10.2. The Morgan fingerprint density at radius 3 is 2.60 bits per heavy atom. The van der Waals surface area contributed by atoms with Crippen LogP contribution in [0.15, 0.2) is 71.6 Å². The second kappa shape index (κ2) is 6.60. The monoisotopic (exact) mass is 332 g/mol. The van der Waals surface area contributed by atoms with Gasteiger partial charge in [-0.2, -0.15) is 4.98 Å². The molecular formula is C19H16N4O2. The van der Waals surface area contributed by atoms with Crippen molar-refractivity contribution in [1.82, 2.24) is 19.7 Å². The van der Waals surface area contributed by atoms with E-state index in [0.29, 0.717) is 29.8 Å². The van der Waals surface area contributed by atoms with Crippen LogP contribution in [-0.4, -0.2) is 26.3 Å². The highest BCUT2D eigenvalue weighted by Gasteiger charge is 2.15. The van der Waals surface area contributed by atoms with Crippen LogP contribution in [-0.2, 0) is 0 Å². The van der Waals surface area contributed by atoms with E-state index in [4.69, 9.17) is 9.26 Å². The van der Waals surface area contributed by atoms with Gasteiger partial charge in [0.25, 0.3) is 5.89 Å². The summed E-state index contributed by atoms with van der Waals surface area (Å²) in [6.45, 7) is 2.43. The number of hydrogen-bond donors (Lipinski definition) is 0. The summed E-state index contributed by atoms with van der Waals surface area (Å²) < 4.78 is 13.0. The zero-order chi connectivity index (χ0) is 17.1. The minimum Gasteiger partial charge on any atom is -0.477 e. The second-order valence-electron chi connectivity index (χ2n) is 5.35. The molecule has 1 aromatic carbocycles. The van der Waals surface area contributed by atoms with Crippen molar-refractivity contribution in [3.05, 3.63) is 67.1 Å². The van der Waals surface area contributed by atoms with E-state index in [2.05, 4.69) is 15.1 Å². The molecule has 0 aliphatic rings. The first-order valence-corrected chi connectivity index (χ1v) is 8.01. The second-order valence-corrected chi connectivity index (χ2v) is 5.35. The summed E-state index contributed by atoms with van der Waals surface area (Å²) in [5, 5.41) is 4.08. The van der Waals surface area contributed by atoms with Gasteiger partial charge in [-0.15, -0.1) is 0 Å². The molecule has 0 amide bonds. The molecule has 0 spiro atoms. The van der Waals surface area contributed by atoms with Crippen molar-refractivity contribution in [3.8, 4) is 34.4 Å². The van der Waals surface area contributed by atoms with Crippen LogP contribution in [0.4, 0.5) is 0 Å². The van der Waals surface area contributed by atoms with Crippen LogP contribution >= 0.6 is 0 Å². The lowest BCUT2D eigenvalue weighted by Crippen LogP contribution is -1.96. The average Bonchev–Trinajstić information content (AvgIpc) is 3.35. The lowest BCUT2D eigenvalue weighted by molar-refractivity contribution is 0.326. The normalized spacial score (nSPS) is 10.8. The van der Waals surface area contributed by atoms with Crippen LogP contribution in [0.25, 0.3) is 28.5 Å². The van der Waals surface area contributed by atoms with E-state index < -0.39 is 0 Å². The van der Waals surface area contributed by atoms with Crippen molar-refractivity contribution in [2.45, 2.75) is 6.92 Å². The highest BCUT2D eigenvalue weighted by molar-refractivity contribution is 5.63. The predicted octanol–water partition coefficient (Wildman–Crippen LogP) is 3.99. The molecule has 25 heavy (non-hydrogen) atoms. The van der Waals surface area contributed by atoms with Crippen molar-refractivity contribution in [3.63, 3.8) is 0 Å². The van der Waals surface area contributed by atoms with Gasteiger partial charge < -0.3 is 13.8 Å². The molecule has 0 saturated heterocycles. The van der Waals surface area contributed by atoms with Gasteiger partial charge >= 0.3 is 0 Å². The maximum Gasteiger partial charge on any atom is 0.263 e. The number of hydrogen-bond acceptors (Lipinski definition) is 5. The first-order chi connectivity index (χ1) is 12.3. The number of ether oxygens (including phenoxy) is 1. The fourth-order valence-electron chi connectivity index (χ4n) is 2.54. The maximum absolute atomic E-state index is 5.52.